The number of piperidine rings is 2. The van der Waals surface area contributed by atoms with Crippen molar-refractivity contribution < 1.29 is 58.7 Å². The van der Waals surface area contributed by atoms with Crippen LogP contribution in [-0.2, 0) is 65.3 Å². The molecule has 10 aliphatic rings. The van der Waals surface area contributed by atoms with Crippen LogP contribution in [0.1, 0.15) is 108 Å². The first-order valence-corrected chi connectivity index (χ1v) is 32.4. The second-order valence-electron chi connectivity index (χ2n) is 27.3. The summed E-state index contributed by atoms with van der Waals surface area (Å²) in [6, 6.07) is 18.5. The van der Waals surface area contributed by atoms with Gasteiger partial charge in [-0.2, -0.15) is 0 Å². The molecule has 16 rings (SSSR count). The molecule has 8 atom stereocenters. The second-order valence-corrected chi connectivity index (χ2v) is 27.3. The van der Waals surface area contributed by atoms with Crippen molar-refractivity contribution in [3.8, 4) is 23.0 Å². The average Bonchev–Trinajstić information content (AvgIpc) is 1.43. The number of guanidine groups is 1. The molecule has 480 valence electrons. The van der Waals surface area contributed by atoms with Gasteiger partial charge in [-0.05, 0) is 135 Å². The summed E-state index contributed by atoms with van der Waals surface area (Å²) in [5.41, 5.74) is 12.8. The van der Waals surface area contributed by atoms with Crippen LogP contribution in [0.4, 0.5) is 11.4 Å². The minimum absolute atomic E-state index is 0.0478. The Morgan fingerprint density at radius 1 is 0.609 bits per heavy atom. The molecule has 2 saturated carbocycles. The van der Waals surface area contributed by atoms with Gasteiger partial charge >= 0.3 is 0 Å². The molecule has 4 bridgehead atoms. The van der Waals surface area contributed by atoms with E-state index in [-0.39, 0.29) is 62.0 Å². The van der Waals surface area contributed by atoms with Crippen molar-refractivity contribution in [2.45, 2.75) is 123 Å². The van der Waals surface area contributed by atoms with Gasteiger partial charge in [0.05, 0.1) is 77.3 Å². The van der Waals surface area contributed by atoms with Gasteiger partial charge in [0, 0.05) is 90.5 Å². The number of nitrogens with two attached hydrogens (primary N) is 1. The molecule has 6 amide bonds. The Balaban J connectivity index is 0.455. The van der Waals surface area contributed by atoms with Gasteiger partial charge in [0.15, 0.2) is 41.2 Å². The van der Waals surface area contributed by atoms with E-state index in [1.54, 1.807) is 18.2 Å². The number of anilines is 2. The molecule has 4 aliphatic heterocycles. The Morgan fingerprint density at radius 2 is 1.13 bits per heavy atom. The molecule has 0 radical (unpaired) electrons. The number of carbonyl (C=O) groups is 6. The van der Waals surface area contributed by atoms with Gasteiger partial charge in [-0.15, -0.1) is 0 Å². The molecular weight excluding hydrogens is 1180 g/mol. The van der Waals surface area contributed by atoms with Gasteiger partial charge < -0.3 is 82.8 Å². The third-order valence-corrected chi connectivity index (χ3v) is 22.0. The van der Waals surface area contributed by atoms with E-state index < -0.39 is 89.3 Å². The zero-order valence-electron chi connectivity index (χ0n) is 50.8. The van der Waals surface area contributed by atoms with E-state index in [1.807, 2.05) is 42.5 Å². The number of aromatic amines is 2. The quantitative estimate of drug-likeness (QED) is 0.0296. The molecule has 25 nitrogen and oxygen atoms in total. The number of nitrogens with zero attached hydrogens (tertiary/aromatic N) is 3. The molecule has 2 spiro atoms. The molecule has 4 aromatic carbocycles. The summed E-state index contributed by atoms with van der Waals surface area (Å²) in [6.45, 7) is 2.14. The number of aliphatic hydroxyl groups is 2. The van der Waals surface area contributed by atoms with Gasteiger partial charge in [-0.3, -0.25) is 43.6 Å². The zero-order chi connectivity index (χ0) is 63.2. The third-order valence-electron chi connectivity index (χ3n) is 22.0. The minimum Gasteiger partial charge on any atom is -0.504 e. The SMILES string of the molecule is NC(=NCCNC(=O)CNC(=O)CNC(=O)CCC(=O)NCC(=O)NCC(=O)Nc1cccc2c3c([nH]c12)[C@@H]1Oc2c(O)ccc4c2[C@@]12CCN(CC1CC1)[C@@H](C4)[C@]2(O)C3)Nc1ccc2[nH]c3c(c2c1)C[C@@]1(O)[C@@H]2Cc4ccc(O)c5c4[C@@]1(CCN2CC1CC1)[C@H]3O5. The van der Waals surface area contributed by atoms with E-state index in [0.29, 0.717) is 72.3 Å². The number of phenolic OH excluding ortho intramolecular Hbond substituents is 2. The fourth-order valence-corrected chi connectivity index (χ4v) is 17.5. The van der Waals surface area contributed by atoms with Crippen molar-refractivity contribution in [3.05, 3.63) is 105 Å². The Bertz CT molecular complexity index is 4180. The molecule has 4 fully saturated rings. The number of aromatic hydroxyl groups is 2. The number of rotatable bonds is 20. The van der Waals surface area contributed by atoms with Crippen molar-refractivity contribution >= 4 is 74.6 Å². The number of H-pyrrole nitrogens is 2. The molecular formula is C67H75N13O12. The summed E-state index contributed by atoms with van der Waals surface area (Å²) >= 11 is 0. The minimum atomic E-state index is -1.18. The lowest BCUT2D eigenvalue weighted by molar-refractivity contribution is -0.173. The van der Waals surface area contributed by atoms with Crippen LogP contribution >= 0.6 is 0 Å². The molecule has 25 heteroatoms. The maximum Gasteiger partial charge on any atom is 0.243 e. The van der Waals surface area contributed by atoms with E-state index in [9.17, 15) is 49.2 Å². The standard InChI is InChI=1S/C67H75N13O12/c68-63(75-37-10-11-42-39(24-37)41-26-67(90)47-23-35-8-12-44(81)59-54(35)64(67,61(91-59)57(41)77-42)16-20-80(47)32-34-6-7-34)70-19-18-69-50(85)27-73-51(86)28-71-48(83)14-15-49(84)72-29-52(87)74-30-53(88)76-43-3-1-2-38-40-25-66(89)46-22-36-9-13-45(82)60-55(36)65(66,17-21-79(46)31-33-4-5-33)62(92-60)58(40)78-56(38)43/h1-3,8-13,24,33-34,46-47,61-62,77-78,81-82,89-90H,4-7,14-23,25-32H2,(H,69,85)(H,71,83)(H,72,84)(H,73,86)(H,74,87)(H,76,88)(H3,68,70,75)/t46-,47-,61-,62-,64-,65-,66+,67+/m0/s1. The fourth-order valence-electron chi connectivity index (χ4n) is 17.5. The number of aliphatic imine (C=N–C) groups is 1. The number of carbonyl (C=O) groups excluding carboxylic acids is 6. The van der Waals surface area contributed by atoms with Crippen LogP contribution in [0.5, 0.6) is 23.0 Å². The number of hydrogen-bond donors (Lipinski definition) is 14. The molecule has 2 saturated heterocycles. The monoisotopic (exact) mass is 1250 g/mol. The van der Waals surface area contributed by atoms with Gasteiger partial charge in [0.25, 0.3) is 0 Å². The first-order chi connectivity index (χ1) is 44.4. The Labute approximate surface area is 528 Å². The lowest BCUT2D eigenvalue weighted by Crippen LogP contribution is -2.74. The van der Waals surface area contributed by atoms with Crippen molar-refractivity contribution in [2.75, 3.05) is 76.1 Å². The fraction of sp³-hybridized carbons (Fsp3) is 0.478. The molecule has 15 N–H and O–H groups in total. The van der Waals surface area contributed by atoms with Crippen LogP contribution in [-0.4, -0.2) is 170 Å². The van der Waals surface area contributed by atoms with Gasteiger partial charge in [0.1, 0.15) is 0 Å². The largest absolute Gasteiger partial charge is 0.504 e. The number of para-hydroxylation sites is 1. The maximum absolute atomic E-state index is 13.3. The van der Waals surface area contributed by atoms with Crippen LogP contribution in [0.3, 0.4) is 0 Å². The number of amides is 6. The van der Waals surface area contributed by atoms with Crippen LogP contribution in [0.25, 0.3) is 21.8 Å². The highest BCUT2D eigenvalue weighted by atomic mass is 16.5. The van der Waals surface area contributed by atoms with Crippen LogP contribution in [0.15, 0.2) is 65.7 Å². The van der Waals surface area contributed by atoms with Gasteiger partial charge in [-0.1, -0.05) is 24.3 Å². The van der Waals surface area contributed by atoms with E-state index in [4.69, 9.17) is 15.2 Å². The normalized spacial score (nSPS) is 27.3. The van der Waals surface area contributed by atoms with Crippen molar-refractivity contribution in [1.82, 2.24) is 46.4 Å². The van der Waals surface area contributed by atoms with Crippen LogP contribution in [0.2, 0.25) is 0 Å². The van der Waals surface area contributed by atoms with E-state index in [1.165, 1.54) is 25.7 Å². The second kappa shape index (κ2) is 21.6. The maximum atomic E-state index is 13.3. The lowest BCUT2D eigenvalue weighted by atomic mass is 9.49. The highest BCUT2D eigenvalue weighted by Crippen LogP contribution is 2.71. The first-order valence-electron chi connectivity index (χ1n) is 32.4. The number of benzene rings is 4. The predicted octanol–water partition coefficient (Wildman–Crippen LogP) is 2.19. The van der Waals surface area contributed by atoms with Crippen molar-refractivity contribution in [1.29, 1.82) is 0 Å². The summed E-state index contributed by atoms with van der Waals surface area (Å²) in [4.78, 5) is 92.8. The van der Waals surface area contributed by atoms with Gasteiger partial charge in [-0.25, -0.2) is 0 Å². The Hall–Kier alpha value is -8.91. The Morgan fingerprint density at radius 3 is 1.70 bits per heavy atom. The Kier molecular flexibility index (Phi) is 13.7. The summed E-state index contributed by atoms with van der Waals surface area (Å²) in [5.74, 6) is -1.05. The van der Waals surface area contributed by atoms with E-state index >= 15 is 0 Å². The number of nitrogens with one attached hydrogen (secondary N) is 9. The highest BCUT2D eigenvalue weighted by Gasteiger charge is 2.74. The zero-order valence-corrected chi connectivity index (χ0v) is 50.8. The number of likely N-dealkylation sites (tertiary alicyclic amines) is 2. The molecule has 2 aromatic heterocycles. The van der Waals surface area contributed by atoms with Crippen LogP contribution < -0.4 is 52.4 Å². The van der Waals surface area contributed by atoms with Gasteiger partial charge in [0.2, 0.25) is 35.4 Å². The van der Waals surface area contributed by atoms with Crippen molar-refractivity contribution in [3.63, 3.8) is 0 Å². The third kappa shape index (κ3) is 9.18. The van der Waals surface area contributed by atoms with Crippen molar-refractivity contribution in [2.24, 2.45) is 22.6 Å². The predicted molar refractivity (Wildman–Crippen MR) is 336 cm³/mol. The number of fused-ring (bicyclic) bond motifs is 8. The number of ether oxygens (including phenoxy) is 2. The number of aromatic nitrogens is 2. The average molecular weight is 1250 g/mol. The summed E-state index contributed by atoms with van der Waals surface area (Å²) in [5, 5.41) is 68.8. The lowest BCUT2D eigenvalue weighted by Gasteiger charge is -2.62. The van der Waals surface area contributed by atoms with Crippen LogP contribution in [0, 0.1) is 11.8 Å². The molecule has 92 heavy (non-hydrogen) atoms. The molecule has 6 heterocycles. The number of phenols is 2. The molecule has 6 aromatic rings. The van der Waals surface area contributed by atoms with E-state index in [2.05, 4.69) is 62.0 Å². The summed E-state index contributed by atoms with van der Waals surface area (Å²) < 4.78 is 13.5. The smallest absolute Gasteiger partial charge is 0.243 e. The first kappa shape index (κ1) is 58.2. The highest BCUT2D eigenvalue weighted by molar-refractivity contribution is 6.04. The van der Waals surface area contributed by atoms with E-state index in [0.717, 1.165) is 93.7 Å². The molecule has 0 unspecified atom stereocenters. The summed E-state index contributed by atoms with van der Waals surface area (Å²) in [7, 11) is 0. The molecule has 6 aliphatic carbocycles. The topological polar surface area (TPSA) is 362 Å². The number of hydrogen-bond acceptors (Lipinski definition) is 15. The summed E-state index contributed by atoms with van der Waals surface area (Å²) in [6.07, 6.45) is 6.65.